The first kappa shape index (κ1) is 28.6. The molecular formula is C31H35N7O4. The van der Waals surface area contributed by atoms with Crippen molar-refractivity contribution >= 4 is 46.3 Å². The highest BCUT2D eigenvalue weighted by atomic mass is 16.5. The summed E-state index contributed by atoms with van der Waals surface area (Å²) in [4.78, 5) is 40.4. The van der Waals surface area contributed by atoms with Crippen LogP contribution in [0, 0.1) is 0 Å². The average molecular weight is 570 g/mol. The molecule has 0 radical (unpaired) electrons. The fourth-order valence-electron chi connectivity index (χ4n) is 5.04. The van der Waals surface area contributed by atoms with E-state index in [1.165, 1.54) is 16.5 Å². The molecule has 0 atom stereocenters. The zero-order chi connectivity index (χ0) is 29.8. The van der Waals surface area contributed by atoms with Crippen LogP contribution in [0.5, 0.6) is 11.5 Å². The van der Waals surface area contributed by atoms with Crippen LogP contribution >= 0.6 is 0 Å². The standard InChI is InChI=1S/C31H35N7O4/c1-6-28(39)33-27-14-21(20-10-12-37(7-2)13-11-20)8-9-26(27)34-30-32-18-22-19-38(31(40)36(3)29(22)35-30)23-15-24(41-4)17-25(16-23)42-5/h6,8-10,14-18H,1,7,11-13,19H2,2-5H3,(H,33,39)(H,32,34,35). The van der Waals surface area contributed by atoms with Crippen LogP contribution in [0.4, 0.5) is 33.6 Å². The van der Waals surface area contributed by atoms with Gasteiger partial charge in [0.15, 0.2) is 0 Å². The highest BCUT2D eigenvalue weighted by Gasteiger charge is 2.31. The Hall–Kier alpha value is -4.90. The number of hydrogen-bond acceptors (Lipinski definition) is 8. The quantitative estimate of drug-likeness (QED) is 0.345. The maximum absolute atomic E-state index is 13.4. The van der Waals surface area contributed by atoms with E-state index in [2.05, 4.69) is 45.1 Å². The van der Waals surface area contributed by atoms with Gasteiger partial charge in [0.2, 0.25) is 11.9 Å². The second-order valence-electron chi connectivity index (χ2n) is 9.99. The first-order valence-corrected chi connectivity index (χ1v) is 13.7. The molecule has 0 aliphatic carbocycles. The molecule has 3 heterocycles. The van der Waals surface area contributed by atoms with Gasteiger partial charge >= 0.3 is 6.03 Å². The first-order chi connectivity index (χ1) is 20.3. The Morgan fingerprint density at radius 2 is 1.88 bits per heavy atom. The van der Waals surface area contributed by atoms with Crippen LogP contribution in [0.3, 0.4) is 0 Å². The van der Waals surface area contributed by atoms with Gasteiger partial charge in [0.1, 0.15) is 17.3 Å². The molecule has 2 aliphatic heterocycles. The molecule has 0 spiro atoms. The second-order valence-corrected chi connectivity index (χ2v) is 9.99. The van der Waals surface area contributed by atoms with Crippen molar-refractivity contribution in [2.75, 3.05) is 61.3 Å². The third-order valence-electron chi connectivity index (χ3n) is 7.47. The van der Waals surface area contributed by atoms with Gasteiger partial charge in [-0.25, -0.2) is 9.78 Å². The SMILES string of the molecule is C=CC(=O)Nc1cc(C2=CCN(CC)CC2)ccc1Nc1ncc2c(n1)N(C)C(=O)N(c1cc(OC)cc(OC)c1)C2. The Labute approximate surface area is 245 Å². The number of aromatic nitrogens is 2. The number of benzene rings is 2. The molecule has 0 saturated carbocycles. The van der Waals surface area contributed by atoms with Gasteiger partial charge in [0.05, 0.1) is 37.8 Å². The summed E-state index contributed by atoms with van der Waals surface area (Å²) in [7, 11) is 4.80. The molecule has 0 bridgehead atoms. The van der Waals surface area contributed by atoms with Gasteiger partial charge in [-0.1, -0.05) is 25.6 Å². The Kier molecular flexibility index (Phi) is 8.39. The predicted octanol–water partition coefficient (Wildman–Crippen LogP) is 5.05. The lowest BCUT2D eigenvalue weighted by atomic mass is 9.98. The Bertz CT molecular complexity index is 1530. The molecule has 0 unspecified atom stereocenters. The lowest BCUT2D eigenvalue weighted by Gasteiger charge is -2.34. The smallest absolute Gasteiger partial charge is 0.330 e. The van der Waals surface area contributed by atoms with Crippen LogP contribution in [-0.2, 0) is 11.3 Å². The molecule has 0 fully saturated rings. The summed E-state index contributed by atoms with van der Waals surface area (Å²) in [6.07, 6.45) is 6.10. The number of carbonyl (C=O) groups excluding carboxylic acids is 2. The van der Waals surface area contributed by atoms with Crippen LogP contribution < -0.4 is 29.9 Å². The van der Waals surface area contributed by atoms with Crippen molar-refractivity contribution in [2.24, 2.45) is 0 Å². The van der Waals surface area contributed by atoms with E-state index in [1.807, 2.05) is 18.2 Å². The van der Waals surface area contributed by atoms with Gasteiger partial charge in [-0.15, -0.1) is 0 Å². The van der Waals surface area contributed by atoms with Crippen molar-refractivity contribution in [3.63, 3.8) is 0 Å². The van der Waals surface area contributed by atoms with Gasteiger partial charge in [0, 0.05) is 50.1 Å². The van der Waals surface area contributed by atoms with Crippen molar-refractivity contribution < 1.29 is 19.1 Å². The van der Waals surface area contributed by atoms with Crippen molar-refractivity contribution in [1.82, 2.24) is 14.9 Å². The van der Waals surface area contributed by atoms with Gasteiger partial charge < -0.3 is 20.1 Å². The summed E-state index contributed by atoms with van der Waals surface area (Å²) in [6, 6.07) is 10.9. The summed E-state index contributed by atoms with van der Waals surface area (Å²) in [6.45, 7) is 8.93. The van der Waals surface area contributed by atoms with E-state index >= 15 is 0 Å². The topological polar surface area (TPSA) is 112 Å². The number of ether oxygens (including phenoxy) is 2. The van der Waals surface area contributed by atoms with E-state index in [0.29, 0.717) is 40.3 Å². The molecular weight excluding hydrogens is 534 g/mol. The largest absolute Gasteiger partial charge is 0.497 e. The molecule has 1 aromatic heterocycles. The zero-order valence-electron chi connectivity index (χ0n) is 24.3. The Balaban J connectivity index is 1.42. The summed E-state index contributed by atoms with van der Waals surface area (Å²) in [5.74, 6) is 1.62. The molecule has 2 aliphatic rings. The molecule has 0 saturated heterocycles. The third kappa shape index (κ3) is 5.91. The normalized spacial score (nSPS) is 15.0. The number of hydrogen-bond donors (Lipinski definition) is 2. The fourth-order valence-corrected chi connectivity index (χ4v) is 5.04. The van der Waals surface area contributed by atoms with E-state index in [4.69, 9.17) is 9.47 Å². The molecule has 11 nitrogen and oxygen atoms in total. The number of urea groups is 1. The van der Waals surface area contributed by atoms with Crippen LogP contribution in [0.25, 0.3) is 5.57 Å². The van der Waals surface area contributed by atoms with Gasteiger partial charge in [0.25, 0.3) is 0 Å². The van der Waals surface area contributed by atoms with Crippen LogP contribution in [0.2, 0.25) is 0 Å². The summed E-state index contributed by atoms with van der Waals surface area (Å²) < 4.78 is 10.8. The summed E-state index contributed by atoms with van der Waals surface area (Å²) in [5, 5.41) is 6.12. The molecule has 2 aromatic carbocycles. The maximum atomic E-state index is 13.4. The third-order valence-corrected chi connectivity index (χ3v) is 7.47. The van der Waals surface area contributed by atoms with Crippen molar-refractivity contribution in [3.8, 4) is 11.5 Å². The highest BCUT2D eigenvalue weighted by Crippen LogP contribution is 2.35. The van der Waals surface area contributed by atoms with Gasteiger partial charge in [-0.2, -0.15) is 4.98 Å². The lowest BCUT2D eigenvalue weighted by Crippen LogP contribution is -2.46. The predicted molar refractivity (Wildman–Crippen MR) is 165 cm³/mol. The Morgan fingerprint density at radius 3 is 2.52 bits per heavy atom. The highest BCUT2D eigenvalue weighted by molar-refractivity contribution is 6.05. The number of methoxy groups -OCH3 is 2. The number of nitrogens with zero attached hydrogens (tertiary/aromatic N) is 5. The minimum atomic E-state index is -0.323. The van der Waals surface area contributed by atoms with Crippen LogP contribution in [0.1, 0.15) is 24.5 Å². The summed E-state index contributed by atoms with van der Waals surface area (Å²) in [5.41, 5.74) is 4.89. The van der Waals surface area contributed by atoms with E-state index in [9.17, 15) is 9.59 Å². The minimum absolute atomic E-state index is 0.256. The van der Waals surface area contributed by atoms with E-state index < -0.39 is 0 Å². The minimum Gasteiger partial charge on any atom is -0.497 e. The number of fused-ring (bicyclic) bond motifs is 1. The number of carbonyl (C=O) groups is 2. The first-order valence-electron chi connectivity index (χ1n) is 13.7. The van der Waals surface area contributed by atoms with E-state index in [0.717, 1.165) is 37.2 Å². The fraction of sp³-hybridized carbons (Fsp3) is 0.290. The number of rotatable bonds is 9. The molecule has 2 N–H and O–H groups in total. The van der Waals surface area contributed by atoms with Crippen molar-refractivity contribution in [3.05, 3.63) is 72.5 Å². The zero-order valence-corrected chi connectivity index (χ0v) is 24.3. The number of likely N-dealkylation sites (N-methyl/N-ethyl adjacent to an activating group) is 1. The van der Waals surface area contributed by atoms with Gasteiger partial charge in [-0.3, -0.25) is 19.5 Å². The number of amides is 3. The monoisotopic (exact) mass is 569 g/mol. The molecule has 3 aromatic rings. The second kappa shape index (κ2) is 12.3. The molecule has 5 rings (SSSR count). The Morgan fingerprint density at radius 1 is 1.12 bits per heavy atom. The van der Waals surface area contributed by atoms with E-state index in [1.54, 1.807) is 50.6 Å². The average Bonchev–Trinajstić information content (AvgIpc) is 3.03. The van der Waals surface area contributed by atoms with Gasteiger partial charge in [-0.05, 0) is 42.3 Å². The number of anilines is 5. The number of nitrogens with one attached hydrogen (secondary N) is 2. The maximum Gasteiger partial charge on any atom is 0.330 e. The van der Waals surface area contributed by atoms with Crippen molar-refractivity contribution in [2.45, 2.75) is 19.9 Å². The van der Waals surface area contributed by atoms with Crippen LogP contribution in [-0.4, -0.2) is 67.7 Å². The lowest BCUT2D eigenvalue weighted by molar-refractivity contribution is -0.111. The molecule has 42 heavy (non-hydrogen) atoms. The summed E-state index contributed by atoms with van der Waals surface area (Å²) >= 11 is 0. The van der Waals surface area contributed by atoms with Crippen LogP contribution in [0.15, 0.2) is 61.3 Å². The molecule has 218 valence electrons. The van der Waals surface area contributed by atoms with Crippen molar-refractivity contribution in [1.29, 1.82) is 0 Å². The molecule has 3 amide bonds. The molecule has 11 heteroatoms. The van der Waals surface area contributed by atoms with E-state index in [-0.39, 0.29) is 18.5 Å².